The minimum atomic E-state index is -0.309. The van der Waals surface area contributed by atoms with Gasteiger partial charge in [0.25, 0.3) is 0 Å². The molecule has 6 nitrogen and oxygen atoms in total. The lowest BCUT2D eigenvalue weighted by Crippen LogP contribution is -2.52. The molecule has 2 aliphatic rings. The fourth-order valence-electron chi connectivity index (χ4n) is 4.99. The van der Waals surface area contributed by atoms with E-state index in [1.807, 2.05) is 68.0 Å². The first-order chi connectivity index (χ1) is 15.7. The third-order valence-electron chi connectivity index (χ3n) is 6.60. The molecule has 1 aliphatic heterocycles. The van der Waals surface area contributed by atoms with E-state index in [0.29, 0.717) is 6.54 Å². The van der Waals surface area contributed by atoms with Gasteiger partial charge < -0.3 is 10.2 Å². The third-order valence-corrected chi connectivity index (χ3v) is 6.60. The van der Waals surface area contributed by atoms with Crippen LogP contribution >= 0.6 is 0 Å². The quantitative estimate of drug-likeness (QED) is 0.616. The van der Waals surface area contributed by atoms with Crippen LogP contribution in [0.3, 0.4) is 0 Å². The van der Waals surface area contributed by atoms with E-state index in [1.165, 1.54) is 0 Å². The molecule has 0 aromatic heterocycles. The first kappa shape index (κ1) is 23.1. The van der Waals surface area contributed by atoms with Crippen LogP contribution in [0.2, 0.25) is 0 Å². The summed E-state index contributed by atoms with van der Waals surface area (Å²) in [5.41, 5.74) is 3.66. The van der Waals surface area contributed by atoms with Crippen LogP contribution in [0.15, 0.2) is 48.5 Å². The maximum atomic E-state index is 13.3. The number of anilines is 2. The highest BCUT2D eigenvalue weighted by Gasteiger charge is 2.35. The van der Waals surface area contributed by atoms with Crippen LogP contribution in [0.5, 0.6) is 0 Å². The van der Waals surface area contributed by atoms with Crippen LogP contribution in [0, 0.1) is 0 Å². The van der Waals surface area contributed by atoms with Crippen LogP contribution in [0.4, 0.5) is 21.0 Å². The summed E-state index contributed by atoms with van der Waals surface area (Å²) in [4.78, 5) is 32.1. The predicted molar refractivity (Wildman–Crippen MR) is 134 cm³/mol. The van der Waals surface area contributed by atoms with E-state index in [9.17, 15) is 9.59 Å². The Morgan fingerprint density at radius 1 is 1.09 bits per heavy atom. The van der Waals surface area contributed by atoms with Gasteiger partial charge in [-0.05, 0) is 69.9 Å². The molecule has 0 unspecified atom stereocenters. The molecular formula is C27H36N4O2. The van der Waals surface area contributed by atoms with Gasteiger partial charge in [0.15, 0.2) is 0 Å². The van der Waals surface area contributed by atoms with Crippen molar-refractivity contribution in [1.82, 2.24) is 10.2 Å². The van der Waals surface area contributed by atoms with Gasteiger partial charge in [-0.25, -0.2) is 9.59 Å². The maximum absolute atomic E-state index is 13.3. The molecule has 2 aromatic carbocycles. The van der Waals surface area contributed by atoms with E-state index in [-0.39, 0.29) is 29.7 Å². The number of nitrogens with one attached hydrogen (secondary N) is 1. The maximum Gasteiger partial charge on any atom is 0.325 e. The minimum Gasteiger partial charge on any atom is -0.333 e. The number of urea groups is 2. The Balaban J connectivity index is 1.71. The van der Waals surface area contributed by atoms with Crippen molar-refractivity contribution >= 4 is 23.4 Å². The first-order valence-electron chi connectivity index (χ1n) is 12.0. The Morgan fingerprint density at radius 2 is 1.76 bits per heavy atom. The van der Waals surface area contributed by atoms with Crippen LogP contribution in [-0.2, 0) is 6.54 Å². The van der Waals surface area contributed by atoms with Crippen molar-refractivity contribution in [1.29, 1.82) is 0 Å². The van der Waals surface area contributed by atoms with E-state index in [0.717, 1.165) is 48.2 Å². The van der Waals surface area contributed by atoms with Crippen LogP contribution in [0.25, 0.3) is 0 Å². The average molecular weight is 449 g/mol. The Kier molecular flexibility index (Phi) is 6.37. The Labute approximate surface area is 197 Å². The standard InChI is InChI=1S/C27H36N4O2/c1-19(20-11-7-6-8-12-20)30-24-16-15-23(17-21(24)18-29(5)26(30)33)31(22-13-9-10-14-22)25(32)28-27(2,3)4/h6-8,11-12,15-17,19,22H,9-10,13-14,18H2,1-5H3,(H,28,32)/t19-/m0/s1. The smallest absolute Gasteiger partial charge is 0.325 e. The zero-order valence-corrected chi connectivity index (χ0v) is 20.5. The molecule has 4 rings (SSSR count). The lowest BCUT2D eigenvalue weighted by molar-refractivity contribution is 0.208. The van der Waals surface area contributed by atoms with Crippen molar-refractivity contribution < 1.29 is 9.59 Å². The van der Waals surface area contributed by atoms with Gasteiger partial charge in [-0.1, -0.05) is 43.2 Å². The minimum absolute atomic E-state index is 0.00951. The fraction of sp³-hybridized carbons (Fsp3) is 0.481. The molecule has 0 saturated heterocycles. The molecule has 1 N–H and O–H groups in total. The molecule has 33 heavy (non-hydrogen) atoms. The second kappa shape index (κ2) is 9.08. The Hall–Kier alpha value is -3.02. The predicted octanol–water partition coefficient (Wildman–Crippen LogP) is 6.08. The van der Waals surface area contributed by atoms with Crippen LogP contribution in [0.1, 0.15) is 70.5 Å². The molecule has 2 aromatic rings. The third kappa shape index (κ3) is 4.85. The summed E-state index contributed by atoms with van der Waals surface area (Å²) in [6.45, 7) is 8.61. The molecule has 1 aliphatic carbocycles. The van der Waals surface area contributed by atoms with Gasteiger partial charge in [0.05, 0.1) is 11.7 Å². The van der Waals surface area contributed by atoms with Crippen molar-refractivity contribution in [3.05, 3.63) is 59.7 Å². The molecule has 0 bridgehead atoms. The fourth-order valence-corrected chi connectivity index (χ4v) is 4.99. The molecule has 0 radical (unpaired) electrons. The molecule has 4 amide bonds. The van der Waals surface area contributed by atoms with Gasteiger partial charge in [0, 0.05) is 30.9 Å². The molecule has 1 saturated carbocycles. The lowest BCUT2D eigenvalue weighted by Gasteiger charge is -2.40. The van der Waals surface area contributed by atoms with Crippen molar-refractivity contribution in [3.8, 4) is 0 Å². The van der Waals surface area contributed by atoms with Crippen LogP contribution in [-0.4, -0.2) is 35.6 Å². The van der Waals surface area contributed by atoms with Gasteiger partial charge >= 0.3 is 12.1 Å². The van der Waals surface area contributed by atoms with E-state index >= 15 is 0 Å². The molecular weight excluding hydrogens is 412 g/mol. The molecule has 1 heterocycles. The van der Waals surface area contributed by atoms with Crippen molar-refractivity contribution in [2.24, 2.45) is 0 Å². The number of amides is 4. The second-order valence-corrected chi connectivity index (χ2v) is 10.4. The molecule has 0 spiro atoms. The monoisotopic (exact) mass is 448 g/mol. The van der Waals surface area contributed by atoms with Gasteiger partial charge in [-0.3, -0.25) is 9.80 Å². The van der Waals surface area contributed by atoms with Gasteiger partial charge in [-0.2, -0.15) is 0 Å². The molecule has 1 fully saturated rings. The number of hydrogen-bond acceptors (Lipinski definition) is 2. The number of carbonyl (C=O) groups is 2. The highest BCUT2D eigenvalue weighted by Crippen LogP contribution is 2.38. The molecule has 6 heteroatoms. The highest BCUT2D eigenvalue weighted by molar-refractivity contribution is 5.97. The van der Waals surface area contributed by atoms with E-state index in [1.54, 1.807) is 4.90 Å². The van der Waals surface area contributed by atoms with Crippen molar-refractivity contribution in [2.45, 2.75) is 77.5 Å². The molecule has 1 atom stereocenters. The number of benzene rings is 2. The number of nitrogens with zero attached hydrogens (tertiary/aromatic N) is 3. The second-order valence-electron chi connectivity index (χ2n) is 10.4. The zero-order valence-electron chi connectivity index (χ0n) is 20.5. The normalized spacial score (nSPS) is 17.7. The SMILES string of the molecule is C[C@@H](c1ccccc1)N1C(=O)N(C)Cc2cc(N(C(=O)NC(C)(C)C)C3CCCC3)ccc21. The van der Waals surface area contributed by atoms with Crippen molar-refractivity contribution in [2.75, 3.05) is 16.8 Å². The lowest BCUT2D eigenvalue weighted by atomic mass is 10.0. The average Bonchev–Trinajstić information content (AvgIpc) is 3.28. The molecule has 176 valence electrons. The summed E-state index contributed by atoms with van der Waals surface area (Å²) in [7, 11) is 1.84. The summed E-state index contributed by atoms with van der Waals surface area (Å²) < 4.78 is 0. The largest absolute Gasteiger partial charge is 0.333 e. The highest BCUT2D eigenvalue weighted by atomic mass is 16.2. The number of rotatable bonds is 4. The van der Waals surface area contributed by atoms with E-state index in [2.05, 4.69) is 30.4 Å². The van der Waals surface area contributed by atoms with Crippen LogP contribution < -0.4 is 15.1 Å². The van der Waals surface area contributed by atoms with Gasteiger partial charge in [0.2, 0.25) is 0 Å². The summed E-state index contributed by atoms with van der Waals surface area (Å²) in [5, 5.41) is 3.15. The first-order valence-corrected chi connectivity index (χ1v) is 12.0. The van der Waals surface area contributed by atoms with E-state index in [4.69, 9.17) is 0 Å². The Morgan fingerprint density at radius 3 is 2.39 bits per heavy atom. The topological polar surface area (TPSA) is 55.9 Å². The summed E-state index contributed by atoms with van der Waals surface area (Å²) in [5.74, 6) is 0. The summed E-state index contributed by atoms with van der Waals surface area (Å²) >= 11 is 0. The van der Waals surface area contributed by atoms with Crippen molar-refractivity contribution in [3.63, 3.8) is 0 Å². The summed E-state index contributed by atoms with van der Waals surface area (Å²) in [6, 6.07) is 16.3. The number of fused-ring (bicyclic) bond motifs is 1. The van der Waals surface area contributed by atoms with Gasteiger partial charge in [0.1, 0.15) is 0 Å². The van der Waals surface area contributed by atoms with Gasteiger partial charge in [-0.15, -0.1) is 0 Å². The zero-order chi connectivity index (χ0) is 23.8. The Bertz CT molecular complexity index is 1010. The summed E-state index contributed by atoms with van der Waals surface area (Å²) in [6.07, 6.45) is 4.33. The van der Waals surface area contributed by atoms with E-state index < -0.39 is 0 Å². The number of hydrogen-bond donors (Lipinski definition) is 1. The number of carbonyl (C=O) groups excluding carboxylic acids is 2.